The van der Waals surface area contributed by atoms with Gasteiger partial charge < -0.3 is 20.4 Å². The zero-order chi connectivity index (χ0) is 17.0. The minimum atomic E-state index is -0.981. The molecule has 7 heteroatoms. The van der Waals surface area contributed by atoms with Crippen LogP contribution in [0.25, 0.3) is 0 Å². The molecule has 0 saturated heterocycles. The largest absolute Gasteiger partial charge is 0.478 e. The van der Waals surface area contributed by atoms with Crippen molar-refractivity contribution < 1.29 is 34.8 Å². The summed E-state index contributed by atoms with van der Waals surface area (Å²) < 4.78 is 0. The van der Waals surface area contributed by atoms with Crippen LogP contribution in [-0.4, -0.2) is 44.9 Å². The van der Waals surface area contributed by atoms with E-state index < -0.39 is 17.9 Å². The smallest absolute Gasteiger partial charge is 0.327 e. The molecule has 0 radical (unpaired) electrons. The third-order valence-electron chi connectivity index (χ3n) is 1.04. The highest BCUT2D eigenvalue weighted by atomic mass is 16.4. The van der Waals surface area contributed by atoms with Crippen molar-refractivity contribution in [2.45, 2.75) is 19.8 Å². The lowest BCUT2D eigenvalue weighted by atomic mass is 10.4. The van der Waals surface area contributed by atoms with Crippen molar-refractivity contribution in [2.75, 3.05) is 6.61 Å². The number of hydrogen-bond acceptors (Lipinski definition) is 4. The van der Waals surface area contributed by atoms with Gasteiger partial charge in [-0.15, -0.1) is 0 Å². The fraction of sp³-hybridized carbons (Fsp3) is 0.308. The molecule has 0 aliphatic heterocycles. The predicted octanol–water partition coefficient (Wildman–Crippen LogP) is 1.55. The molecule has 0 aromatic heterocycles. The SMILES string of the molecule is C=CC(=O)O.C=CC(=O)O.C=CC(=O)O.CCCCO. The first-order valence-corrected chi connectivity index (χ1v) is 5.40. The molecule has 20 heavy (non-hydrogen) atoms. The van der Waals surface area contributed by atoms with E-state index in [1.54, 1.807) is 0 Å². The summed E-state index contributed by atoms with van der Waals surface area (Å²) >= 11 is 0. The summed E-state index contributed by atoms with van der Waals surface area (Å²) in [6.45, 7) is 11.3. The molecule has 4 N–H and O–H groups in total. The maximum atomic E-state index is 9.25. The van der Waals surface area contributed by atoms with Gasteiger partial charge in [0.25, 0.3) is 0 Å². The van der Waals surface area contributed by atoms with Crippen molar-refractivity contribution >= 4 is 17.9 Å². The number of aliphatic hydroxyl groups is 1. The zero-order valence-corrected chi connectivity index (χ0v) is 11.5. The van der Waals surface area contributed by atoms with Crippen LogP contribution in [0.2, 0.25) is 0 Å². The monoisotopic (exact) mass is 290 g/mol. The van der Waals surface area contributed by atoms with Crippen molar-refractivity contribution in [2.24, 2.45) is 0 Å². The fourth-order valence-electron chi connectivity index (χ4n) is 0.158. The Morgan fingerprint density at radius 1 is 0.850 bits per heavy atom. The molecule has 0 saturated carbocycles. The average molecular weight is 290 g/mol. The van der Waals surface area contributed by atoms with Gasteiger partial charge in [0.15, 0.2) is 0 Å². The van der Waals surface area contributed by atoms with E-state index >= 15 is 0 Å². The van der Waals surface area contributed by atoms with Gasteiger partial charge in [0, 0.05) is 24.8 Å². The topological polar surface area (TPSA) is 132 Å². The molecule has 0 bridgehead atoms. The maximum Gasteiger partial charge on any atom is 0.327 e. The van der Waals surface area contributed by atoms with E-state index in [4.69, 9.17) is 20.4 Å². The lowest BCUT2D eigenvalue weighted by Gasteiger charge is -1.79. The van der Waals surface area contributed by atoms with E-state index in [0.29, 0.717) is 6.61 Å². The molecule has 0 fully saturated rings. The predicted molar refractivity (Wildman–Crippen MR) is 75.5 cm³/mol. The normalized spacial score (nSPS) is 6.90. The number of aliphatic hydroxyl groups excluding tert-OH is 1. The van der Waals surface area contributed by atoms with Crippen LogP contribution in [0.5, 0.6) is 0 Å². The molecular formula is C13H22O7. The fourth-order valence-corrected chi connectivity index (χ4v) is 0.158. The standard InChI is InChI=1S/C4H10O.3C3H4O2/c1-2-3-4-5;3*1-2-3(4)5/h5H,2-4H2,1H3;3*2H,1H2,(H,4,5). The molecule has 7 nitrogen and oxygen atoms in total. The van der Waals surface area contributed by atoms with Crippen molar-refractivity contribution in [1.29, 1.82) is 0 Å². The van der Waals surface area contributed by atoms with Crippen molar-refractivity contribution in [3.8, 4) is 0 Å². The number of rotatable bonds is 5. The summed E-state index contributed by atoms with van der Waals surface area (Å²) in [6, 6.07) is 0. The van der Waals surface area contributed by atoms with Gasteiger partial charge in [0.05, 0.1) is 0 Å². The molecule has 0 aromatic carbocycles. The lowest BCUT2D eigenvalue weighted by Crippen LogP contribution is -1.82. The molecule has 0 aromatic rings. The Bertz CT molecular complexity index is 250. The third kappa shape index (κ3) is 106. The summed E-state index contributed by atoms with van der Waals surface area (Å²) in [7, 11) is 0. The van der Waals surface area contributed by atoms with Gasteiger partial charge in [0.1, 0.15) is 0 Å². The van der Waals surface area contributed by atoms with E-state index in [-0.39, 0.29) is 0 Å². The van der Waals surface area contributed by atoms with Crippen LogP contribution in [-0.2, 0) is 14.4 Å². The Labute approximate surface area is 118 Å². The molecule has 0 atom stereocenters. The molecule has 0 unspecified atom stereocenters. The summed E-state index contributed by atoms with van der Waals surface area (Å²) in [5.74, 6) is -2.94. The van der Waals surface area contributed by atoms with Crippen molar-refractivity contribution in [1.82, 2.24) is 0 Å². The van der Waals surface area contributed by atoms with Gasteiger partial charge in [-0.2, -0.15) is 0 Å². The first-order valence-electron chi connectivity index (χ1n) is 5.40. The van der Waals surface area contributed by atoms with Gasteiger partial charge in [-0.05, 0) is 6.42 Å². The number of unbranched alkanes of at least 4 members (excludes halogenated alkanes) is 1. The quantitative estimate of drug-likeness (QED) is 0.564. The number of carboxylic acid groups (broad SMARTS) is 3. The first-order chi connectivity index (χ1) is 9.22. The average Bonchev–Trinajstić information content (AvgIpc) is 2.41. The summed E-state index contributed by atoms with van der Waals surface area (Å²) in [5, 5.41) is 30.9. The second-order valence-electron chi connectivity index (χ2n) is 2.70. The van der Waals surface area contributed by atoms with Gasteiger partial charge in [-0.25, -0.2) is 14.4 Å². The summed E-state index contributed by atoms with van der Waals surface area (Å²) in [4.78, 5) is 27.8. The third-order valence-corrected chi connectivity index (χ3v) is 1.04. The van der Waals surface area contributed by atoms with Crippen LogP contribution in [0.4, 0.5) is 0 Å². The zero-order valence-electron chi connectivity index (χ0n) is 11.5. The molecular weight excluding hydrogens is 268 g/mol. The Hall–Kier alpha value is -2.41. The van der Waals surface area contributed by atoms with E-state index in [1.807, 2.05) is 0 Å². The van der Waals surface area contributed by atoms with Crippen molar-refractivity contribution in [3.63, 3.8) is 0 Å². The van der Waals surface area contributed by atoms with Crippen LogP contribution < -0.4 is 0 Å². The van der Waals surface area contributed by atoms with E-state index in [2.05, 4.69) is 26.7 Å². The van der Waals surface area contributed by atoms with Gasteiger partial charge in [-0.1, -0.05) is 33.1 Å². The number of aliphatic carboxylic acids is 3. The van der Waals surface area contributed by atoms with E-state index in [0.717, 1.165) is 31.1 Å². The highest BCUT2D eigenvalue weighted by Gasteiger charge is 1.74. The van der Waals surface area contributed by atoms with E-state index in [1.165, 1.54) is 0 Å². The molecule has 0 amide bonds. The Balaban J connectivity index is -0.0000000853. The highest BCUT2D eigenvalue weighted by molar-refractivity contribution is 5.79. The van der Waals surface area contributed by atoms with Crippen molar-refractivity contribution in [3.05, 3.63) is 38.0 Å². The number of hydrogen-bond donors (Lipinski definition) is 4. The van der Waals surface area contributed by atoms with Crippen LogP contribution >= 0.6 is 0 Å². The Morgan fingerprint density at radius 2 is 1.05 bits per heavy atom. The molecule has 0 aliphatic rings. The van der Waals surface area contributed by atoms with Crippen LogP contribution in [0.1, 0.15) is 19.8 Å². The molecule has 0 spiro atoms. The molecule has 0 rings (SSSR count). The van der Waals surface area contributed by atoms with Gasteiger partial charge >= 0.3 is 17.9 Å². The summed E-state index contributed by atoms with van der Waals surface area (Å²) in [5.41, 5.74) is 0. The molecule has 0 heterocycles. The summed E-state index contributed by atoms with van der Waals surface area (Å²) in [6.07, 6.45) is 4.54. The second kappa shape index (κ2) is 25.4. The van der Waals surface area contributed by atoms with Crippen LogP contribution in [0, 0.1) is 0 Å². The molecule has 116 valence electrons. The van der Waals surface area contributed by atoms with Gasteiger partial charge in [0.2, 0.25) is 0 Å². The number of carbonyl (C=O) groups is 3. The Kier molecular flexibility index (Phi) is 33.3. The minimum absolute atomic E-state index is 0.344. The van der Waals surface area contributed by atoms with E-state index in [9.17, 15) is 14.4 Å². The van der Waals surface area contributed by atoms with Crippen LogP contribution in [0.15, 0.2) is 38.0 Å². The maximum absolute atomic E-state index is 9.25. The molecule has 0 aliphatic carbocycles. The first kappa shape index (κ1) is 26.2. The van der Waals surface area contributed by atoms with Crippen LogP contribution in [0.3, 0.4) is 0 Å². The Morgan fingerprint density at radius 3 is 1.05 bits per heavy atom. The van der Waals surface area contributed by atoms with Gasteiger partial charge in [-0.3, -0.25) is 0 Å². The highest BCUT2D eigenvalue weighted by Crippen LogP contribution is 1.78. The minimum Gasteiger partial charge on any atom is -0.478 e. The number of carboxylic acids is 3. The second-order valence-corrected chi connectivity index (χ2v) is 2.70. The lowest BCUT2D eigenvalue weighted by molar-refractivity contribution is -0.132.